The monoisotopic (exact) mass is 391 g/mol. The van der Waals surface area contributed by atoms with Gasteiger partial charge in [-0.1, -0.05) is 0 Å². The van der Waals surface area contributed by atoms with E-state index >= 15 is 0 Å². The fourth-order valence-corrected chi connectivity index (χ4v) is 4.10. The Kier molecular flexibility index (Phi) is 8.79. The second kappa shape index (κ2) is 8.88. The normalized spacial score (nSPS) is 10.8. The molecule has 0 atom stereocenters. The van der Waals surface area contributed by atoms with Gasteiger partial charge in [-0.3, -0.25) is 4.79 Å². The molecule has 1 heterocycles. The molecule has 0 saturated carbocycles. The number of likely N-dealkylation sites (N-methyl/N-ethyl adjacent to an activating group) is 1. The molecule has 10 heteroatoms. The van der Waals surface area contributed by atoms with E-state index in [9.17, 15) is 13.2 Å². The second-order valence-electron chi connectivity index (χ2n) is 3.34. The van der Waals surface area contributed by atoms with Crippen molar-refractivity contribution in [2.75, 3.05) is 26.7 Å². The number of hydrogen-bond acceptors (Lipinski definition) is 5. The Bertz CT molecular complexity index is 507. The predicted octanol–water partition coefficient (Wildman–Crippen LogP) is 0.546. The average molecular weight is 393 g/mol. The highest BCUT2D eigenvalue weighted by Gasteiger charge is 2.17. The molecule has 19 heavy (non-hydrogen) atoms. The Balaban J connectivity index is 0.00000324. The van der Waals surface area contributed by atoms with Gasteiger partial charge in [0.1, 0.15) is 4.21 Å². The van der Waals surface area contributed by atoms with Crippen molar-refractivity contribution in [2.24, 2.45) is 0 Å². The predicted molar refractivity (Wildman–Crippen MR) is 81.4 cm³/mol. The molecule has 0 bridgehead atoms. The van der Waals surface area contributed by atoms with Gasteiger partial charge in [0.15, 0.2) is 0 Å². The van der Waals surface area contributed by atoms with Crippen molar-refractivity contribution < 1.29 is 13.2 Å². The number of halogens is 2. The first-order valence-electron chi connectivity index (χ1n) is 5.12. The Morgan fingerprint density at radius 1 is 1.37 bits per heavy atom. The highest BCUT2D eigenvalue weighted by atomic mass is 79.9. The summed E-state index contributed by atoms with van der Waals surface area (Å²) in [6.07, 6.45) is 0. The third-order valence-electron chi connectivity index (χ3n) is 1.93. The lowest BCUT2D eigenvalue weighted by atomic mass is 10.5. The van der Waals surface area contributed by atoms with Crippen LogP contribution in [0, 0.1) is 0 Å². The van der Waals surface area contributed by atoms with Crippen LogP contribution in [0.4, 0.5) is 0 Å². The van der Waals surface area contributed by atoms with Gasteiger partial charge in [0, 0.05) is 13.1 Å². The summed E-state index contributed by atoms with van der Waals surface area (Å²) < 4.78 is 26.7. The highest BCUT2D eigenvalue weighted by molar-refractivity contribution is 9.11. The van der Waals surface area contributed by atoms with Crippen LogP contribution in [0.3, 0.4) is 0 Å². The number of rotatable bonds is 7. The summed E-state index contributed by atoms with van der Waals surface area (Å²) in [6, 6.07) is 3.13. The molecular formula is C9H15BrClN3O3S2. The van der Waals surface area contributed by atoms with E-state index in [1.807, 2.05) is 0 Å². The number of nitrogens with one attached hydrogen (secondary N) is 3. The zero-order valence-electron chi connectivity index (χ0n) is 10.1. The Labute approximate surface area is 130 Å². The molecule has 0 fully saturated rings. The summed E-state index contributed by atoms with van der Waals surface area (Å²) in [6.45, 7) is 0.833. The molecule has 0 aromatic carbocycles. The molecule has 1 aromatic heterocycles. The van der Waals surface area contributed by atoms with Crippen LogP contribution in [-0.4, -0.2) is 41.0 Å². The zero-order valence-corrected chi connectivity index (χ0v) is 14.1. The minimum Gasteiger partial charge on any atom is -0.354 e. The van der Waals surface area contributed by atoms with E-state index in [2.05, 4.69) is 31.3 Å². The maximum Gasteiger partial charge on any atom is 0.250 e. The fourth-order valence-electron chi connectivity index (χ4n) is 1.06. The Morgan fingerprint density at radius 2 is 2.05 bits per heavy atom. The number of sulfonamides is 1. The van der Waals surface area contributed by atoms with Gasteiger partial charge in [0.05, 0.1) is 10.3 Å². The van der Waals surface area contributed by atoms with E-state index in [1.54, 1.807) is 13.1 Å². The van der Waals surface area contributed by atoms with Crippen molar-refractivity contribution in [3.63, 3.8) is 0 Å². The summed E-state index contributed by atoms with van der Waals surface area (Å²) >= 11 is 4.28. The molecule has 1 amide bonds. The van der Waals surface area contributed by atoms with Crippen LogP contribution >= 0.6 is 39.7 Å². The molecule has 0 aliphatic carbocycles. The molecule has 0 aliphatic rings. The first kappa shape index (κ1) is 18.8. The van der Waals surface area contributed by atoms with Crippen LogP contribution in [0.1, 0.15) is 0 Å². The Hall–Kier alpha value is -0.190. The van der Waals surface area contributed by atoms with Crippen molar-refractivity contribution in [1.29, 1.82) is 0 Å². The molecule has 0 spiro atoms. The molecule has 1 aromatic rings. The van der Waals surface area contributed by atoms with Crippen molar-refractivity contribution in [2.45, 2.75) is 4.21 Å². The lowest BCUT2D eigenvalue weighted by molar-refractivity contribution is -0.119. The van der Waals surface area contributed by atoms with Crippen LogP contribution < -0.4 is 15.4 Å². The number of carbonyl (C=O) groups excluding carboxylic acids is 1. The number of hydrogen-bond donors (Lipinski definition) is 3. The van der Waals surface area contributed by atoms with E-state index < -0.39 is 10.0 Å². The lowest BCUT2D eigenvalue weighted by Crippen LogP contribution is -2.39. The van der Waals surface area contributed by atoms with Crippen LogP contribution in [-0.2, 0) is 14.8 Å². The first-order chi connectivity index (χ1) is 8.45. The molecule has 3 N–H and O–H groups in total. The average Bonchev–Trinajstić information content (AvgIpc) is 2.75. The van der Waals surface area contributed by atoms with Crippen molar-refractivity contribution >= 4 is 55.6 Å². The molecule has 110 valence electrons. The van der Waals surface area contributed by atoms with Gasteiger partial charge in [-0.25, -0.2) is 13.1 Å². The van der Waals surface area contributed by atoms with E-state index in [4.69, 9.17) is 0 Å². The quantitative estimate of drug-likeness (QED) is 0.591. The lowest BCUT2D eigenvalue weighted by Gasteiger charge is -2.06. The minimum atomic E-state index is -3.60. The summed E-state index contributed by atoms with van der Waals surface area (Å²) in [7, 11) is -1.84. The molecule has 0 radical (unpaired) electrons. The fraction of sp³-hybridized carbons (Fsp3) is 0.444. The second-order valence-corrected chi connectivity index (χ2v) is 7.79. The molecule has 0 aliphatic heterocycles. The van der Waals surface area contributed by atoms with Gasteiger partial charge in [-0.2, -0.15) is 0 Å². The van der Waals surface area contributed by atoms with Gasteiger partial charge in [-0.05, 0) is 35.1 Å². The van der Waals surface area contributed by atoms with E-state index in [1.165, 1.54) is 6.07 Å². The van der Waals surface area contributed by atoms with Gasteiger partial charge >= 0.3 is 0 Å². The topological polar surface area (TPSA) is 87.3 Å². The van der Waals surface area contributed by atoms with Crippen LogP contribution in [0.25, 0.3) is 0 Å². The summed E-state index contributed by atoms with van der Waals surface area (Å²) in [4.78, 5) is 11.3. The number of carbonyl (C=O) groups is 1. The smallest absolute Gasteiger partial charge is 0.250 e. The molecular weight excluding hydrogens is 378 g/mol. The minimum absolute atomic E-state index is 0. The van der Waals surface area contributed by atoms with Crippen LogP contribution in [0.2, 0.25) is 0 Å². The molecule has 0 saturated heterocycles. The largest absolute Gasteiger partial charge is 0.354 e. The van der Waals surface area contributed by atoms with Crippen molar-refractivity contribution in [3.05, 3.63) is 15.9 Å². The third kappa shape index (κ3) is 6.68. The maximum atomic E-state index is 11.8. The van der Waals surface area contributed by atoms with E-state index in [0.29, 0.717) is 13.1 Å². The highest BCUT2D eigenvalue weighted by Crippen LogP contribution is 2.25. The zero-order chi connectivity index (χ0) is 13.6. The van der Waals surface area contributed by atoms with Crippen molar-refractivity contribution in [1.82, 2.24) is 15.4 Å². The summed E-state index contributed by atoms with van der Waals surface area (Å²) in [5.41, 5.74) is 0. The first-order valence-corrected chi connectivity index (χ1v) is 8.21. The third-order valence-corrected chi connectivity index (χ3v) is 5.45. The summed E-state index contributed by atoms with van der Waals surface area (Å²) in [5.74, 6) is -0.357. The Morgan fingerprint density at radius 3 is 2.58 bits per heavy atom. The van der Waals surface area contributed by atoms with E-state index in [-0.39, 0.29) is 29.1 Å². The van der Waals surface area contributed by atoms with Crippen LogP contribution in [0.15, 0.2) is 20.1 Å². The molecule has 0 unspecified atom stereocenters. The van der Waals surface area contributed by atoms with Crippen LogP contribution in [0.5, 0.6) is 0 Å². The SMILES string of the molecule is CNCCNC(=O)CNS(=O)(=O)c1ccc(Br)s1.Cl. The molecule has 1 rings (SSSR count). The van der Waals surface area contributed by atoms with Gasteiger partial charge in [0.25, 0.3) is 10.0 Å². The number of thiophene rings is 1. The standard InChI is InChI=1S/C9H14BrN3O3S2.ClH/c1-11-4-5-12-8(14)6-13-18(15,16)9-3-2-7(10)17-9;/h2-3,11,13H,4-6H2,1H3,(H,12,14);1H. The van der Waals surface area contributed by atoms with Gasteiger partial charge in [0.2, 0.25) is 5.91 Å². The van der Waals surface area contributed by atoms with Gasteiger partial charge < -0.3 is 10.6 Å². The van der Waals surface area contributed by atoms with Crippen molar-refractivity contribution in [3.8, 4) is 0 Å². The van der Waals surface area contributed by atoms with E-state index in [0.717, 1.165) is 15.1 Å². The summed E-state index contributed by atoms with van der Waals surface area (Å²) in [5, 5.41) is 5.45. The maximum absolute atomic E-state index is 11.8. The van der Waals surface area contributed by atoms with Gasteiger partial charge in [-0.15, -0.1) is 23.7 Å². The molecule has 6 nitrogen and oxygen atoms in total. The number of amides is 1.